The summed E-state index contributed by atoms with van der Waals surface area (Å²) in [6, 6.07) is 0. The second-order valence-electron chi connectivity index (χ2n) is 2.95. The van der Waals surface area contributed by atoms with Crippen LogP contribution < -0.4 is 5.32 Å². The molecule has 0 aromatic rings. The van der Waals surface area contributed by atoms with Crippen molar-refractivity contribution in [1.29, 1.82) is 0 Å². The summed E-state index contributed by atoms with van der Waals surface area (Å²) >= 11 is 0. The number of carbonyl (C=O) groups excluding carboxylic acids is 2. The highest BCUT2D eigenvalue weighted by molar-refractivity contribution is 5.88. The minimum atomic E-state index is -0.0704. The van der Waals surface area contributed by atoms with Crippen molar-refractivity contribution in [1.82, 2.24) is 10.2 Å². The lowest BCUT2D eigenvalue weighted by molar-refractivity contribution is -0.134. The van der Waals surface area contributed by atoms with Crippen LogP contribution in [0.1, 0.15) is 13.8 Å². The number of nitrogens with zero attached hydrogens (tertiary/aromatic N) is 1. The Labute approximate surface area is 65.6 Å². The van der Waals surface area contributed by atoms with E-state index >= 15 is 0 Å². The van der Waals surface area contributed by atoms with Gasteiger partial charge in [-0.15, -0.1) is 0 Å². The fourth-order valence-corrected chi connectivity index (χ4v) is 0.990. The molecule has 0 bridgehead atoms. The second kappa shape index (κ2) is 2.90. The average Bonchev–Trinajstić information content (AvgIpc) is 2.34. The molecule has 1 rings (SSSR count). The highest BCUT2D eigenvalue weighted by Crippen LogP contribution is 2.02. The van der Waals surface area contributed by atoms with Gasteiger partial charge in [-0.3, -0.25) is 9.59 Å². The zero-order valence-corrected chi connectivity index (χ0v) is 6.76. The molecule has 0 unspecified atom stereocenters. The third-order valence-corrected chi connectivity index (χ3v) is 1.61. The van der Waals surface area contributed by atoms with Crippen LogP contribution in [0.25, 0.3) is 0 Å². The fraction of sp³-hybridized carbons (Fsp3) is 0.714. The molecule has 0 aromatic carbocycles. The van der Waals surface area contributed by atoms with Crippen LogP contribution in [0.15, 0.2) is 0 Å². The molecule has 1 aliphatic rings. The first-order valence-electron chi connectivity index (χ1n) is 3.66. The standard InChI is InChI=1S/C7H12N2O2/c1-5(2)7(11)9-3-6(10)8-4-9/h5H,3-4H2,1-2H3,(H,8,10). The maximum absolute atomic E-state index is 11.2. The minimum Gasteiger partial charge on any atom is -0.337 e. The van der Waals surface area contributed by atoms with E-state index in [1.807, 2.05) is 13.8 Å². The molecule has 1 fully saturated rings. The number of hydrogen-bond acceptors (Lipinski definition) is 2. The lowest BCUT2D eigenvalue weighted by atomic mass is 10.2. The van der Waals surface area contributed by atoms with E-state index in [9.17, 15) is 9.59 Å². The highest BCUT2D eigenvalue weighted by atomic mass is 16.2. The van der Waals surface area contributed by atoms with Crippen LogP contribution in [-0.2, 0) is 9.59 Å². The SMILES string of the molecule is CC(C)C(=O)N1CNC(=O)C1. The van der Waals surface area contributed by atoms with Crippen LogP contribution in [0.4, 0.5) is 0 Å². The molecule has 0 aliphatic carbocycles. The van der Waals surface area contributed by atoms with Crippen LogP contribution in [0.2, 0.25) is 0 Å². The number of hydrogen-bond donors (Lipinski definition) is 1. The lowest BCUT2D eigenvalue weighted by Gasteiger charge is -2.14. The van der Waals surface area contributed by atoms with Crippen molar-refractivity contribution < 1.29 is 9.59 Å². The molecular formula is C7H12N2O2. The summed E-state index contributed by atoms with van der Waals surface area (Å²) < 4.78 is 0. The molecule has 62 valence electrons. The van der Waals surface area contributed by atoms with Gasteiger partial charge in [0.05, 0.1) is 6.67 Å². The summed E-state index contributed by atoms with van der Waals surface area (Å²) in [5.41, 5.74) is 0. The molecule has 0 aromatic heterocycles. The first kappa shape index (κ1) is 8.04. The van der Waals surface area contributed by atoms with Crippen molar-refractivity contribution in [3.05, 3.63) is 0 Å². The Morgan fingerprint density at radius 3 is 2.64 bits per heavy atom. The Morgan fingerprint density at radius 1 is 1.64 bits per heavy atom. The van der Waals surface area contributed by atoms with E-state index in [1.165, 1.54) is 4.90 Å². The van der Waals surface area contributed by atoms with Crippen molar-refractivity contribution >= 4 is 11.8 Å². The van der Waals surface area contributed by atoms with Crippen LogP contribution >= 0.6 is 0 Å². The first-order valence-corrected chi connectivity index (χ1v) is 3.66. The molecular weight excluding hydrogens is 144 g/mol. The fourth-order valence-electron chi connectivity index (χ4n) is 0.990. The van der Waals surface area contributed by atoms with E-state index in [4.69, 9.17) is 0 Å². The van der Waals surface area contributed by atoms with Crippen LogP contribution in [-0.4, -0.2) is 29.9 Å². The van der Waals surface area contributed by atoms with Crippen molar-refractivity contribution in [3.63, 3.8) is 0 Å². The average molecular weight is 156 g/mol. The quantitative estimate of drug-likeness (QED) is 0.559. The van der Waals surface area contributed by atoms with Crippen molar-refractivity contribution in [3.8, 4) is 0 Å². The van der Waals surface area contributed by atoms with Gasteiger partial charge in [-0.2, -0.15) is 0 Å². The van der Waals surface area contributed by atoms with Gasteiger partial charge in [-0.25, -0.2) is 0 Å². The Hall–Kier alpha value is -1.06. The molecule has 1 aliphatic heterocycles. The third kappa shape index (κ3) is 1.69. The molecule has 0 radical (unpaired) electrons. The molecule has 4 nitrogen and oxygen atoms in total. The van der Waals surface area contributed by atoms with E-state index in [0.717, 1.165) is 0 Å². The predicted octanol–water partition coefficient (Wildman–Crippen LogP) is -0.442. The molecule has 11 heavy (non-hydrogen) atoms. The molecule has 4 heteroatoms. The predicted molar refractivity (Wildman–Crippen MR) is 39.6 cm³/mol. The summed E-state index contributed by atoms with van der Waals surface area (Å²) in [7, 11) is 0. The summed E-state index contributed by atoms with van der Waals surface area (Å²) in [4.78, 5) is 23.4. The van der Waals surface area contributed by atoms with Gasteiger partial charge in [0.25, 0.3) is 0 Å². The number of carbonyl (C=O) groups is 2. The van der Waals surface area contributed by atoms with Crippen LogP contribution in [0, 0.1) is 5.92 Å². The summed E-state index contributed by atoms with van der Waals surface area (Å²) in [5, 5.41) is 2.57. The van der Waals surface area contributed by atoms with E-state index in [1.54, 1.807) is 0 Å². The largest absolute Gasteiger partial charge is 0.337 e. The van der Waals surface area contributed by atoms with Crippen molar-refractivity contribution in [2.24, 2.45) is 5.92 Å². The van der Waals surface area contributed by atoms with Gasteiger partial charge in [0.2, 0.25) is 11.8 Å². The Balaban J connectivity index is 2.50. The Bertz CT molecular complexity index is 189. The van der Waals surface area contributed by atoms with Gasteiger partial charge >= 0.3 is 0 Å². The summed E-state index contributed by atoms with van der Waals surface area (Å²) in [6.45, 7) is 4.24. The maximum Gasteiger partial charge on any atom is 0.241 e. The first-order chi connectivity index (χ1) is 5.11. The van der Waals surface area contributed by atoms with Crippen molar-refractivity contribution in [2.45, 2.75) is 13.8 Å². The van der Waals surface area contributed by atoms with Crippen molar-refractivity contribution in [2.75, 3.05) is 13.2 Å². The second-order valence-corrected chi connectivity index (χ2v) is 2.95. The van der Waals surface area contributed by atoms with Gasteiger partial charge in [0, 0.05) is 5.92 Å². The Kier molecular flexibility index (Phi) is 2.12. The topological polar surface area (TPSA) is 49.4 Å². The van der Waals surface area contributed by atoms with Gasteiger partial charge in [0.1, 0.15) is 6.54 Å². The third-order valence-electron chi connectivity index (χ3n) is 1.61. The molecule has 0 saturated carbocycles. The van der Waals surface area contributed by atoms with Gasteiger partial charge in [0.15, 0.2) is 0 Å². The summed E-state index contributed by atoms with van der Waals surface area (Å²) in [6.07, 6.45) is 0. The number of nitrogens with one attached hydrogen (secondary N) is 1. The monoisotopic (exact) mass is 156 g/mol. The van der Waals surface area contributed by atoms with Gasteiger partial charge in [-0.1, -0.05) is 13.8 Å². The molecule has 2 amide bonds. The molecule has 1 N–H and O–H groups in total. The smallest absolute Gasteiger partial charge is 0.241 e. The maximum atomic E-state index is 11.2. The van der Waals surface area contributed by atoms with Gasteiger partial charge < -0.3 is 10.2 Å². The number of amides is 2. The minimum absolute atomic E-state index is 0.0253. The van der Waals surface area contributed by atoms with Gasteiger partial charge in [-0.05, 0) is 0 Å². The summed E-state index contributed by atoms with van der Waals surface area (Å²) in [5.74, 6) is -0.0648. The normalized spacial score (nSPS) is 17.4. The Morgan fingerprint density at radius 2 is 2.27 bits per heavy atom. The molecule has 0 atom stereocenters. The highest BCUT2D eigenvalue weighted by Gasteiger charge is 2.24. The molecule has 0 spiro atoms. The van der Waals surface area contributed by atoms with Crippen LogP contribution in [0.3, 0.4) is 0 Å². The van der Waals surface area contributed by atoms with E-state index in [0.29, 0.717) is 6.67 Å². The lowest BCUT2D eigenvalue weighted by Crippen LogP contribution is -2.32. The van der Waals surface area contributed by atoms with E-state index in [2.05, 4.69) is 5.32 Å². The zero-order chi connectivity index (χ0) is 8.43. The molecule has 1 heterocycles. The zero-order valence-electron chi connectivity index (χ0n) is 6.76. The molecule has 1 saturated heterocycles. The van der Waals surface area contributed by atoms with Crippen LogP contribution in [0.5, 0.6) is 0 Å². The van der Waals surface area contributed by atoms with E-state index < -0.39 is 0 Å². The van der Waals surface area contributed by atoms with E-state index in [-0.39, 0.29) is 24.3 Å². The number of rotatable bonds is 1.